The van der Waals surface area contributed by atoms with E-state index >= 15 is 0 Å². The zero-order valence-electron chi connectivity index (χ0n) is 16.2. The number of allylic oxidation sites excluding steroid dienone is 1. The van der Waals surface area contributed by atoms with Crippen LogP contribution in [-0.4, -0.2) is 40.0 Å². The van der Waals surface area contributed by atoms with Gasteiger partial charge in [0, 0.05) is 25.9 Å². The fourth-order valence-corrected chi connectivity index (χ4v) is 3.02. The number of benzene rings is 1. The molecule has 0 aliphatic carbocycles. The molecule has 0 fully saturated rings. The molecule has 2 N–H and O–H groups in total. The second-order valence-electron chi connectivity index (χ2n) is 6.79. The molecule has 8 heteroatoms. The molecule has 1 aliphatic heterocycles. The molecule has 8 nitrogen and oxygen atoms in total. The van der Waals surface area contributed by atoms with Gasteiger partial charge in [-0.3, -0.25) is 9.59 Å². The molecule has 1 aromatic heterocycles. The van der Waals surface area contributed by atoms with Crippen molar-refractivity contribution in [3.8, 4) is 0 Å². The molecule has 2 heterocycles. The van der Waals surface area contributed by atoms with Gasteiger partial charge in [-0.05, 0) is 18.4 Å². The summed E-state index contributed by atoms with van der Waals surface area (Å²) >= 11 is 0. The number of nitrogens with zero attached hydrogens (tertiary/aromatic N) is 2. The second kappa shape index (κ2) is 9.68. The Morgan fingerprint density at radius 3 is 2.76 bits per heavy atom. The van der Waals surface area contributed by atoms with Gasteiger partial charge in [0.05, 0.1) is 6.04 Å². The lowest BCUT2D eigenvalue weighted by Crippen LogP contribution is -2.43. The highest BCUT2D eigenvalue weighted by atomic mass is 16.5. The van der Waals surface area contributed by atoms with Gasteiger partial charge >= 0.3 is 5.97 Å². The number of aromatic nitrogens is 2. The molecule has 1 aromatic carbocycles. The highest BCUT2D eigenvalue weighted by molar-refractivity contribution is 5.94. The first kappa shape index (κ1) is 20.3. The molecule has 2 atom stereocenters. The summed E-state index contributed by atoms with van der Waals surface area (Å²) in [5.41, 5.74) is 0.842. The van der Waals surface area contributed by atoms with E-state index in [1.54, 1.807) is 23.9 Å². The highest BCUT2D eigenvalue weighted by Gasteiger charge is 2.25. The Balaban J connectivity index is 1.75. The van der Waals surface area contributed by atoms with Crippen molar-refractivity contribution in [3.05, 3.63) is 66.3 Å². The molecular weight excluding hydrogens is 372 g/mol. The van der Waals surface area contributed by atoms with Gasteiger partial charge in [0.15, 0.2) is 5.82 Å². The molecule has 0 saturated heterocycles. The van der Waals surface area contributed by atoms with E-state index < -0.39 is 24.0 Å². The minimum Gasteiger partial charge on any atom is -0.462 e. The number of rotatable bonds is 3. The summed E-state index contributed by atoms with van der Waals surface area (Å²) in [6.45, 7) is -0.0208. The monoisotopic (exact) mass is 396 g/mol. The molecule has 2 amide bonds. The number of carbonyl (C=O) groups is 3. The maximum Gasteiger partial charge on any atom is 0.329 e. The lowest BCUT2D eigenvalue weighted by atomic mass is 10.1. The smallest absolute Gasteiger partial charge is 0.329 e. The molecule has 0 radical (unpaired) electrons. The van der Waals surface area contributed by atoms with E-state index in [1.807, 2.05) is 36.4 Å². The van der Waals surface area contributed by atoms with Gasteiger partial charge in [-0.1, -0.05) is 42.5 Å². The molecule has 0 saturated carbocycles. The SMILES string of the molecule is Cn1ccnc1C(=O)N[C@@H]1C/C=C\CCC(=O)N[C@H](c2ccccc2)COC1=O. The van der Waals surface area contributed by atoms with Gasteiger partial charge in [-0.25, -0.2) is 9.78 Å². The van der Waals surface area contributed by atoms with Crippen molar-refractivity contribution in [2.45, 2.75) is 31.3 Å². The maximum atomic E-state index is 12.7. The Labute approximate surface area is 169 Å². The fourth-order valence-electron chi connectivity index (χ4n) is 3.02. The van der Waals surface area contributed by atoms with Crippen molar-refractivity contribution >= 4 is 17.8 Å². The van der Waals surface area contributed by atoms with Crippen LogP contribution in [-0.2, 0) is 21.4 Å². The van der Waals surface area contributed by atoms with E-state index in [0.717, 1.165) is 5.56 Å². The number of aryl methyl sites for hydroxylation is 1. The van der Waals surface area contributed by atoms with E-state index in [1.165, 1.54) is 6.20 Å². The standard InChI is InChI=1S/C21H24N4O4/c1-25-13-12-22-19(25)20(27)24-16-10-6-3-7-11-18(26)23-17(14-29-21(16)28)15-8-4-2-5-9-15/h2-6,8-9,12-13,16-17H,7,10-11,14H2,1H3,(H,23,26)(H,24,27)/b6-3-/t16-,17+/m1/s1. The summed E-state index contributed by atoms with van der Waals surface area (Å²) in [4.78, 5) is 41.3. The molecule has 2 aromatic rings. The van der Waals surface area contributed by atoms with Crippen LogP contribution in [0.5, 0.6) is 0 Å². The summed E-state index contributed by atoms with van der Waals surface area (Å²) in [5, 5.41) is 5.60. The van der Waals surface area contributed by atoms with Crippen molar-refractivity contribution in [1.29, 1.82) is 0 Å². The molecule has 3 rings (SSSR count). The van der Waals surface area contributed by atoms with Crippen molar-refractivity contribution < 1.29 is 19.1 Å². The number of cyclic esters (lactones) is 1. The Hall–Kier alpha value is -3.42. The number of ether oxygens (including phenoxy) is 1. The predicted octanol–water partition coefficient (Wildman–Crippen LogP) is 1.66. The first-order chi connectivity index (χ1) is 14.0. The summed E-state index contributed by atoms with van der Waals surface area (Å²) in [6.07, 6.45) is 7.91. The molecule has 1 aliphatic rings. The number of hydrogen-bond acceptors (Lipinski definition) is 5. The molecule has 29 heavy (non-hydrogen) atoms. The number of esters is 1. The van der Waals surface area contributed by atoms with Gasteiger partial charge in [-0.2, -0.15) is 0 Å². The van der Waals surface area contributed by atoms with Gasteiger partial charge in [0.25, 0.3) is 5.91 Å². The summed E-state index contributed by atoms with van der Waals surface area (Å²) in [7, 11) is 1.70. The lowest BCUT2D eigenvalue weighted by Gasteiger charge is -2.22. The molecule has 0 unspecified atom stereocenters. The van der Waals surface area contributed by atoms with E-state index in [9.17, 15) is 14.4 Å². The molecule has 0 spiro atoms. The van der Waals surface area contributed by atoms with Gasteiger partial charge in [0.2, 0.25) is 5.91 Å². The second-order valence-corrected chi connectivity index (χ2v) is 6.79. The first-order valence-corrected chi connectivity index (χ1v) is 9.48. The average molecular weight is 396 g/mol. The minimum atomic E-state index is -0.845. The lowest BCUT2D eigenvalue weighted by molar-refractivity contribution is -0.147. The summed E-state index contributed by atoms with van der Waals surface area (Å²) in [5.74, 6) is -0.914. The average Bonchev–Trinajstić information content (AvgIpc) is 3.15. The number of carbonyl (C=O) groups excluding carboxylic acids is 3. The Kier molecular flexibility index (Phi) is 6.78. The zero-order chi connectivity index (χ0) is 20.6. The topological polar surface area (TPSA) is 102 Å². The number of hydrogen-bond donors (Lipinski definition) is 2. The van der Waals surface area contributed by atoms with Crippen molar-refractivity contribution in [2.24, 2.45) is 7.05 Å². The van der Waals surface area contributed by atoms with E-state index in [-0.39, 0.29) is 24.8 Å². The Morgan fingerprint density at radius 2 is 2.03 bits per heavy atom. The minimum absolute atomic E-state index is 0.0208. The maximum absolute atomic E-state index is 12.7. The van der Waals surface area contributed by atoms with Crippen LogP contribution in [0.2, 0.25) is 0 Å². The third-order valence-electron chi connectivity index (χ3n) is 4.62. The normalized spacial score (nSPS) is 21.8. The summed E-state index contributed by atoms with van der Waals surface area (Å²) < 4.78 is 7.04. The number of nitrogens with one attached hydrogen (secondary N) is 2. The number of imidazole rings is 1. The van der Waals surface area contributed by atoms with Gasteiger partial charge in [0.1, 0.15) is 12.6 Å². The van der Waals surface area contributed by atoms with Crippen LogP contribution in [0.3, 0.4) is 0 Å². The Morgan fingerprint density at radius 1 is 1.24 bits per heavy atom. The van der Waals surface area contributed by atoms with Crippen LogP contribution in [0, 0.1) is 0 Å². The van der Waals surface area contributed by atoms with Crippen LogP contribution < -0.4 is 10.6 Å². The third-order valence-corrected chi connectivity index (χ3v) is 4.62. The van der Waals surface area contributed by atoms with Crippen LogP contribution >= 0.6 is 0 Å². The zero-order valence-corrected chi connectivity index (χ0v) is 16.2. The van der Waals surface area contributed by atoms with Crippen LogP contribution in [0.25, 0.3) is 0 Å². The predicted molar refractivity (Wildman–Crippen MR) is 106 cm³/mol. The quantitative estimate of drug-likeness (QED) is 0.607. The van der Waals surface area contributed by atoms with Crippen molar-refractivity contribution in [2.75, 3.05) is 6.61 Å². The van der Waals surface area contributed by atoms with Gasteiger partial charge < -0.3 is 19.9 Å². The third kappa shape index (κ3) is 5.54. The van der Waals surface area contributed by atoms with Crippen molar-refractivity contribution in [1.82, 2.24) is 20.2 Å². The Bertz CT molecular complexity index is 891. The van der Waals surface area contributed by atoms with E-state index in [0.29, 0.717) is 12.8 Å². The molecular formula is C21H24N4O4. The highest BCUT2D eigenvalue weighted by Crippen LogP contribution is 2.15. The van der Waals surface area contributed by atoms with Crippen molar-refractivity contribution in [3.63, 3.8) is 0 Å². The van der Waals surface area contributed by atoms with E-state index in [2.05, 4.69) is 15.6 Å². The molecule has 0 bridgehead atoms. The van der Waals surface area contributed by atoms with E-state index in [4.69, 9.17) is 4.74 Å². The van der Waals surface area contributed by atoms with Gasteiger partial charge in [-0.15, -0.1) is 0 Å². The van der Waals surface area contributed by atoms with Crippen LogP contribution in [0.1, 0.15) is 41.5 Å². The van der Waals surface area contributed by atoms with Crippen LogP contribution in [0.4, 0.5) is 0 Å². The largest absolute Gasteiger partial charge is 0.462 e. The number of amides is 2. The fraction of sp³-hybridized carbons (Fsp3) is 0.333. The summed E-state index contributed by atoms with van der Waals surface area (Å²) in [6, 6.07) is 8.02. The first-order valence-electron chi connectivity index (χ1n) is 9.48. The molecule has 152 valence electrons. The van der Waals surface area contributed by atoms with Crippen LogP contribution in [0.15, 0.2) is 54.9 Å².